The van der Waals surface area contributed by atoms with Crippen molar-refractivity contribution in [1.82, 2.24) is 10.2 Å². The van der Waals surface area contributed by atoms with E-state index < -0.39 is 0 Å². The largest absolute Gasteiger partial charge is 0.353 e. The van der Waals surface area contributed by atoms with E-state index >= 15 is 0 Å². The lowest BCUT2D eigenvalue weighted by Gasteiger charge is -2.32. The van der Waals surface area contributed by atoms with Crippen LogP contribution in [-0.4, -0.2) is 35.8 Å². The van der Waals surface area contributed by atoms with Crippen LogP contribution in [0, 0.1) is 5.82 Å². The van der Waals surface area contributed by atoms with Gasteiger partial charge in [-0.25, -0.2) is 4.39 Å². The number of aryl methyl sites for hydroxylation is 1. The van der Waals surface area contributed by atoms with Crippen molar-refractivity contribution in [3.63, 3.8) is 0 Å². The van der Waals surface area contributed by atoms with Crippen LogP contribution < -0.4 is 5.32 Å². The number of hydrogen-bond acceptors (Lipinski definition) is 2. The van der Waals surface area contributed by atoms with Crippen LogP contribution in [0.3, 0.4) is 0 Å². The average molecular weight is 320 g/mol. The van der Waals surface area contributed by atoms with E-state index in [-0.39, 0.29) is 23.7 Å². The maximum atomic E-state index is 12.8. The van der Waals surface area contributed by atoms with Gasteiger partial charge >= 0.3 is 0 Å². The van der Waals surface area contributed by atoms with Crippen LogP contribution in [0.4, 0.5) is 4.39 Å². The summed E-state index contributed by atoms with van der Waals surface area (Å²) in [5, 5.41) is 3.03. The second-order valence-corrected chi connectivity index (χ2v) is 6.10. The Morgan fingerprint density at radius 3 is 2.43 bits per heavy atom. The Hall–Kier alpha value is -1.91. The van der Waals surface area contributed by atoms with Gasteiger partial charge in [-0.15, -0.1) is 0 Å². The van der Waals surface area contributed by atoms with Gasteiger partial charge in [0.25, 0.3) is 0 Å². The van der Waals surface area contributed by atoms with Crippen LogP contribution in [-0.2, 0) is 16.0 Å². The number of hydrogen-bond donors (Lipinski definition) is 1. The van der Waals surface area contributed by atoms with Gasteiger partial charge in [-0.3, -0.25) is 9.59 Å². The number of nitrogens with one attached hydrogen (secondary N) is 1. The summed E-state index contributed by atoms with van der Waals surface area (Å²) in [5.41, 5.74) is 0.974. The molecule has 1 aromatic carbocycles. The molecular formula is C18H25FN2O2. The van der Waals surface area contributed by atoms with Gasteiger partial charge < -0.3 is 10.2 Å². The summed E-state index contributed by atoms with van der Waals surface area (Å²) in [5.74, 6) is -0.0199. The molecule has 0 aromatic heterocycles. The summed E-state index contributed by atoms with van der Waals surface area (Å²) in [6.45, 7) is 3.38. The minimum absolute atomic E-state index is 0.105. The lowest BCUT2D eigenvalue weighted by atomic mass is 10.0. The topological polar surface area (TPSA) is 49.4 Å². The van der Waals surface area contributed by atoms with Gasteiger partial charge in [0.1, 0.15) is 5.82 Å². The number of halogens is 1. The molecule has 126 valence electrons. The summed E-state index contributed by atoms with van der Waals surface area (Å²) in [6.07, 6.45) is 4.13. The monoisotopic (exact) mass is 320 g/mol. The molecule has 0 saturated carbocycles. The lowest BCUT2D eigenvalue weighted by Crippen LogP contribution is -2.46. The van der Waals surface area contributed by atoms with E-state index in [1.54, 1.807) is 12.1 Å². The van der Waals surface area contributed by atoms with Crippen molar-refractivity contribution < 1.29 is 14.0 Å². The zero-order valence-corrected chi connectivity index (χ0v) is 13.7. The van der Waals surface area contributed by atoms with Crippen molar-refractivity contribution in [3.8, 4) is 0 Å². The first-order valence-corrected chi connectivity index (χ1v) is 8.40. The van der Waals surface area contributed by atoms with Crippen molar-refractivity contribution in [2.24, 2.45) is 0 Å². The summed E-state index contributed by atoms with van der Waals surface area (Å²) in [6, 6.07) is 6.47. The Balaban J connectivity index is 1.71. The van der Waals surface area contributed by atoms with E-state index in [9.17, 15) is 14.0 Å². The second kappa shape index (κ2) is 8.65. The van der Waals surface area contributed by atoms with Gasteiger partial charge in [0.05, 0.1) is 0 Å². The van der Waals surface area contributed by atoms with Crippen LogP contribution in [0.25, 0.3) is 0 Å². The van der Waals surface area contributed by atoms with Gasteiger partial charge in [0.15, 0.2) is 0 Å². The fraction of sp³-hybridized carbons (Fsp3) is 0.556. The summed E-state index contributed by atoms with van der Waals surface area (Å²) in [7, 11) is 0. The number of benzene rings is 1. The molecule has 0 bridgehead atoms. The van der Waals surface area contributed by atoms with Crippen LogP contribution >= 0.6 is 0 Å². The highest BCUT2D eigenvalue weighted by Gasteiger charge is 2.23. The highest BCUT2D eigenvalue weighted by Crippen LogP contribution is 2.13. The van der Waals surface area contributed by atoms with Crippen LogP contribution in [0.1, 0.15) is 44.6 Å². The molecule has 1 N–H and O–H groups in total. The van der Waals surface area contributed by atoms with Gasteiger partial charge in [-0.05, 0) is 43.4 Å². The molecule has 1 aliphatic heterocycles. The number of carbonyl (C=O) groups excluding carboxylic acids is 2. The first kappa shape index (κ1) is 17.4. The molecule has 0 radical (unpaired) electrons. The zero-order chi connectivity index (χ0) is 16.7. The molecule has 2 rings (SSSR count). The number of nitrogens with zero attached hydrogens (tertiary/aromatic N) is 1. The Morgan fingerprint density at radius 1 is 1.17 bits per heavy atom. The molecule has 1 fully saturated rings. The highest BCUT2D eigenvalue weighted by atomic mass is 19.1. The third kappa shape index (κ3) is 5.66. The molecule has 5 heteroatoms. The average Bonchev–Trinajstić information content (AvgIpc) is 2.55. The van der Waals surface area contributed by atoms with E-state index in [1.807, 2.05) is 11.8 Å². The summed E-state index contributed by atoms with van der Waals surface area (Å²) < 4.78 is 12.8. The Kier molecular flexibility index (Phi) is 6.56. The standard InChI is InChI=1S/C18H25FN2O2/c1-2-3-17(22)20-16-10-12-21(13-11-16)18(23)9-6-14-4-7-15(19)8-5-14/h4-5,7-8,16H,2-3,6,9-13H2,1H3,(H,20,22). The third-order valence-corrected chi connectivity index (χ3v) is 4.23. The number of rotatable bonds is 6. The van der Waals surface area contributed by atoms with Crippen molar-refractivity contribution >= 4 is 11.8 Å². The molecule has 1 aliphatic rings. The number of likely N-dealkylation sites (tertiary alicyclic amines) is 1. The van der Waals surface area contributed by atoms with Crippen molar-refractivity contribution in [3.05, 3.63) is 35.6 Å². The van der Waals surface area contributed by atoms with Gasteiger partial charge in [0.2, 0.25) is 11.8 Å². The highest BCUT2D eigenvalue weighted by molar-refractivity contribution is 5.77. The van der Waals surface area contributed by atoms with E-state index in [2.05, 4.69) is 5.32 Å². The number of carbonyl (C=O) groups is 2. The minimum Gasteiger partial charge on any atom is -0.353 e. The fourth-order valence-corrected chi connectivity index (χ4v) is 2.86. The molecule has 0 atom stereocenters. The van der Waals surface area contributed by atoms with Crippen LogP contribution in [0.5, 0.6) is 0 Å². The van der Waals surface area contributed by atoms with Crippen molar-refractivity contribution in [2.45, 2.75) is 51.5 Å². The molecular weight excluding hydrogens is 295 g/mol. The third-order valence-electron chi connectivity index (χ3n) is 4.23. The first-order chi connectivity index (χ1) is 11.1. The van der Waals surface area contributed by atoms with E-state index in [4.69, 9.17) is 0 Å². The van der Waals surface area contributed by atoms with Crippen LogP contribution in [0.15, 0.2) is 24.3 Å². The molecule has 1 saturated heterocycles. The van der Waals surface area contributed by atoms with Crippen molar-refractivity contribution in [1.29, 1.82) is 0 Å². The van der Waals surface area contributed by atoms with Gasteiger partial charge in [-0.2, -0.15) is 0 Å². The van der Waals surface area contributed by atoms with Crippen molar-refractivity contribution in [2.75, 3.05) is 13.1 Å². The number of amides is 2. The van der Waals surface area contributed by atoms with Crippen LogP contribution in [0.2, 0.25) is 0 Å². The molecule has 0 unspecified atom stereocenters. The lowest BCUT2D eigenvalue weighted by molar-refractivity contribution is -0.132. The zero-order valence-electron chi connectivity index (χ0n) is 13.7. The van der Waals surface area contributed by atoms with Gasteiger partial charge in [0, 0.05) is 32.0 Å². The molecule has 0 spiro atoms. The second-order valence-electron chi connectivity index (χ2n) is 6.10. The van der Waals surface area contributed by atoms with E-state index in [0.29, 0.717) is 32.4 Å². The van der Waals surface area contributed by atoms with E-state index in [0.717, 1.165) is 24.8 Å². The fourth-order valence-electron chi connectivity index (χ4n) is 2.86. The molecule has 2 amide bonds. The molecule has 4 nitrogen and oxygen atoms in total. The Bertz CT molecular complexity index is 522. The molecule has 0 aliphatic carbocycles. The normalized spacial score (nSPS) is 15.5. The smallest absolute Gasteiger partial charge is 0.222 e. The predicted octanol–water partition coefficient (Wildman–Crippen LogP) is 2.67. The predicted molar refractivity (Wildman–Crippen MR) is 87.4 cm³/mol. The van der Waals surface area contributed by atoms with E-state index in [1.165, 1.54) is 12.1 Å². The SMILES string of the molecule is CCCC(=O)NC1CCN(C(=O)CCc2ccc(F)cc2)CC1. The Labute approximate surface area is 137 Å². The molecule has 1 heterocycles. The summed E-state index contributed by atoms with van der Waals surface area (Å²) >= 11 is 0. The Morgan fingerprint density at radius 2 is 1.83 bits per heavy atom. The first-order valence-electron chi connectivity index (χ1n) is 8.40. The maximum absolute atomic E-state index is 12.8. The van der Waals surface area contributed by atoms with Gasteiger partial charge in [-0.1, -0.05) is 19.1 Å². The maximum Gasteiger partial charge on any atom is 0.222 e. The quantitative estimate of drug-likeness (QED) is 0.876. The molecule has 1 aromatic rings. The molecule has 23 heavy (non-hydrogen) atoms. The number of piperidine rings is 1. The summed E-state index contributed by atoms with van der Waals surface area (Å²) in [4.78, 5) is 25.7. The minimum atomic E-state index is -0.257.